The van der Waals surface area contributed by atoms with Gasteiger partial charge < -0.3 is 0 Å². The van der Waals surface area contributed by atoms with Gasteiger partial charge in [-0.1, -0.05) is 92.9 Å². The van der Waals surface area contributed by atoms with Crippen LogP contribution in [0.3, 0.4) is 0 Å². The van der Waals surface area contributed by atoms with Crippen molar-refractivity contribution in [2.75, 3.05) is 0 Å². The van der Waals surface area contributed by atoms with Crippen molar-refractivity contribution in [3.8, 4) is 0 Å². The van der Waals surface area contributed by atoms with Crippen LogP contribution < -0.4 is 0 Å². The van der Waals surface area contributed by atoms with Gasteiger partial charge in [-0.2, -0.15) is 0 Å². The fourth-order valence-electron chi connectivity index (χ4n) is 3.45. The normalized spacial score (nSPS) is 18.0. The maximum atomic E-state index is 4.74. The average Bonchev–Trinajstić information content (AvgIpc) is 3.35. The topological polar surface area (TPSA) is 12.9 Å². The summed E-state index contributed by atoms with van der Waals surface area (Å²) in [5.41, 5.74) is 3.85. The standard InChI is InChI=1S/C22H20NP/c1-2-10-18(11-3-1)22(21-16-8-9-17-23-21)24(19-12-4-5-13-19)20-14-6-7-15-20/h1-17,19-20,22H. The molecule has 0 spiro atoms. The second kappa shape index (κ2) is 7.11. The van der Waals surface area contributed by atoms with Crippen molar-refractivity contribution < 1.29 is 0 Å². The number of pyridine rings is 1. The first-order valence-corrected chi connectivity index (χ1v) is 9.92. The maximum absolute atomic E-state index is 4.74. The summed E-state index contributed by atoms with van der Waals surface area (Å²) in [5.74, 6) is 0. The number of hydrogen-bond donors (Lipinski definition) is 0. The number of hydrogen-bond acceptors (Lipinski definition) is 1. The molecule has 0 fully saturated rings. The van der Waals surface area contributed by atoms with Gasteiger partial charge in [0.25, 0.3) is 0 Å². The Hall–Kier alpha value is -2.24. The highest BCUT2D eigenvalue weighted by Gasteiger charge is 2.35. The third-order valence-electron chi connectivity index (χ3n) is 4.53. The molecule has 1 aromatic heterocycles. The summed E-state index contributed by atoms with van der Waals surface area (Å²) in [6.07, 6.45) is 20.1. The summed E-state index contributed by atoms with van der Waals surface area (Å²) in [6, 6.07) is 17.1. The largest absolute Gasteiger partial charge is 0.260 e. The van der Waals surface area contributed by atoms with Crippen LogP contribution in [0.5, 0.6) is 0 Å². The average molecular weight is 329 g/mol. The van der Waals surface area contributed by atoms with Crippen molar-refractivity contribution in [1.82, 2.24) is 4.98 Å². The highest BCUT2D eigenvalue weighted by molar-refractivity contribution is 7.60. The lowest BCUT2D eigenvalue weighted by Gasteiger charge is -2.34. The SMILES string of the molecule is C1=CC(P(C2C=CC=C2)C(c2ccccc2)c2ccccn2)C=C1. The van der Waals surface area contributed by atoms with Crippen molar-refractivity contribution in [3.63, 3.8) is 0 Å². The fraction of sp³-hybridized carbons (Fsp3) is 0.136. The maximum Gasteiger partial charge on any atom is 0.0521 e. The first kappa shape index (κ1) is 15.3. The molecule has 2 aromatic rings. The molecule has 0 saturated heterocycles. The van der Waals surface area contributed by atoms with Gasteiger partial charge in [-0.3, -0.25) is 4.98 Å². The van der Waals surface area contributed by atoms with Crippen molar-refractivity contribution >= 4 is 7.92 Å². The van der Waals surface area contributed by atoms with Gasteiger partial charge in [0.1, 0.15) is 0 Å². The molecular formula is C22H20NP. The van der Waals surface area contributed by atoms with Crippen molar-refractivity contribution in [3.05, 3.63) is 115 Å². The molecule has 0 amide bonds. The predicted molar refractivity (Wildman–Crippen MR) is 104 cm³/mol. The van der Waals surface area contributed by atoms with Gasteiger partial charge >= 0.3 is 0 Å². The van der Waals surface area contributed by atoms with Gasteiger partial charge in [0.2, 0.25) is 0 Å². The Labute approximate surface area is 144 Å². The lowest BCUT2D eigenvalue weighted by atomic mass is 10.1. The molecule has 24 heavy (non-hydrogen) atoms. The van der Waals surface area contributed by atoms with Crippen LogP contribution in [0.15, 0.2) is 103 Å². The summed E-state index contributed by atoms with van der Waals surface area (Å²) in [5, 5.41) is 0. The summed E-state index contributed by atoms with van der Waals surface area (Å²) in [6.45, 7) is 0. The highest BCUT2D eigenvalue weighted by atomic mass is 31.1. The molecule has 0 bridgehead atoms. The summed E-state index contributed by atoms with van der Waals surface area (Å²) < 4.78 is 0. The van der Waals surface area contributed by atoms with Crippen LogP contribution in [0, 0.1) is 0 Å². The zero-order valence-electron chi connectivity index (χ0n) is 13.4. The smallest absolute Gasteiger partial charge is 0.0521 e. The molecule has 118 valence electrons. The minimum Gasteiger partial charge on any atom is -0.260 e. The van der Waals surface area contributed by atoms with E-state index in [1.807, 2.05) is 12.3 Å². The van der Waals surface area contributed by atoms with Crippen LogP contribution in [0.4, 0.5) is 0 Å². The zero-order valence-corrected chi connectivity index (χ0v) is 14.3. The lowest BCUT2D eigenvalue weighted by Crippen LogP contribution is -2.15. The van der Waals surface area contributed by atoms with E-state index in [1.165, 1.54) is 11.3 Å². The molecule has 1 aromatic carbocycles. The number of rotatable bonds is 5. The van der Waals surface area contributed by atoms with Crippen molar-refractivity contribution in [2.45, 2.75) is 17.0 Å². The molecule has 2 aliphatic rings. The summed E-state index contributed by atoms with van der Waals surface area (Å²) >= 11 is 0. The van der Waals surface area contributed by atoms with Gasteiger partial charge in [0, 0.05) is 23.2 Å². The van der Waals surface area contributed by atoms with E-state index in [2.05, 4.69) is 91.1 Å². The Morgan fingerprint density at radius 2 is 1.29 bits per heavy atom. The minimum atomic E-state index is -0.389. The fourth-order valence-corrected chi connectivity index (χ4v) is 6.70. The molecular weight excluding hydrogens is 309 g/mol. The Morgan fingerprint density at radius 1 is 0.708 bits per heavy atom. The second-order valence-corrected chi connectivity index (χ2v) is 8.64. The van der Waals surface area contributed by atoms with Crippen LogP contribution >= 0.6 is 7.92 Å². The molecule has 0 aliphatic heterocycles. The van der Waals surface area contributed by atoms with Gasteiger partial charge in [0.15, 0.2) is 0 Å². The van der Waals surface area contributed by atoms with Crippen LogP contribution in [-0.2, 0) is 0 Å². The van der Waals surface area contributed by atoms with E-state index in [0.717, 1.165) is 0 Å². The van der Waals surface area contributed by atoms with E-state index in [-0.39, 0.29) is 7.92 Å². The van der Waals surface area contributed by atoms with Crippen LogP contribution in [-0.4, -0.2) is 16.3 Å². The molecule has 0 N–H and O–H groups in total. The minimum absolute atomic E-state index is 0.331. The Balaban J connectivity index is 1.83. The summed E-state index contributed by atoms with van der Waals surface area (Å²) in [4.78, 5) is 4.74. The summed E-state index contributed by atoms with van der Waals surface area (Å²) in [7, 11) is -0.389. The van der Waals surface area contributed by atoms with Crippen molar-refractivity contribution in [1.29, 1.82) is 0 Å². The van der Waals surface area contributed by atoms with Gasteiger partial charge in [-0.15, -0.1) is 0 Å². The Bertz CT molecular complexity index is 698. The molecule has 2 aliphatic carbocycles. The Morgan fingerprint density at radius 3 is 1.83 bits per heavy atom. The van der Waals surface area contributed by atoms with Gasteiger partial charge in [-0.05, 0) is 17.7 Å². The Kier molecular flexibility index (Phi) is 4.53. The van der Waals surface area contributed by atoms with Crippen molar-refractivity contribution in [2.24, 2.45) is 0 Å². The quantitative estimate of drug-likeness (QED) is 0.647. The molecule has 2 heteroatoms. The molecule has 1 nitrogen and oxygen atoms in total. The van der Waals surface area contributed by atoms with E-state index in [0.29, 0.717) is 17.0 Å². The van der Waals surface area contributed by atoms with Gasteiger partial charge in [-0.25, -0.2) is 0 Å². The predicted octanol–water partition coefficient (Wildman–Crippen LogP) is 5.64. The number of nitrogens with zero attached hydrogens (tertiary/aromatic N) is 1. The van der Waals surface area contributed by atoms with E-state index < -0.39 is 0 Å². The zero-order chi connectivity index (χ0) is 16.2. The molecule has 0 radical (unpaired) electrons. The van der Waals surface area contributed by atoms with E-state index in [4.69, 9.17) is 4.98 Å². The molecule has 4 rings (SSSR count). The van der Waals surface area contributed by atoms with Crippen LogP contribution in [0.1, 0.15) is 16.9 Å². The van der Waals surface area contributed by atoms with Crippen LogP contribution in [0.25, 0.3) is 0 Å². The molecule has 0 saturated carbocycles. The van der Waals surface area contributed by atoms with E-state index in [1.54, 1.807) is 0 Å². The second-order valence-electron chi connectivity index (χ2n) is 6.04. The molecule has 1 unspecified atom stereocenters. The molecule has 1 heterocycles. The number of benzene rings is 1. The number of allylic oxidation sites excluding steroid dienone is 8. The van der Waals surface area contributed by atoms with Gasteiger partial charge in [0.05, 0.1) is 5.69 Å². The van der Waals surface area contributed by atoms with E-state index >= 15 is 0 Å². The monoisotopic (exact) mass is 329 g/mol. The first-order valence-electron chi connectivity index (χ1n) is 8.37. The number of aromatic nitrogens is 1. The third kappa shape index (κ3) is 3.05. The molecule has 1 atom stereocenters. The third-order valence-corrected chi connectivity index (χ3v) is 7.75. The lowest BCUT2D eigenvalue weighted by molar-refractivity contribution is 1.01. The first-order chi connectivity index (χ1) is 11.9. The van der Waals surface area contributed by atoms with E-state index in [9.17, 15) is 0 Å². The van der Waals surface area contributed by atoms with Crippen LogP contribution in [0.2, 0.25) is 0 Å². The highest BCUT2D eigenvalue weighted by Crippen LogP contribution is 2.63.